The number of fused-ring (bicyclic) bond motifs is 9. The van der Waals surface area contributed by atoms with Crippen molar-refractivity contribution in [1.82, 2.24) is 4.90 Å². The van der Waals surface area contributed by atoms with E-state index in [4.69, 9.17) is 52.5 Å². The number of methoxy groups -OCH3 is 1. The maximum Gasteiger partial charge on any atom is 0.172 e. The molecule has 8 saturated heterocycles. The summed E-state index contributed by atoms with van der Waals surface area (Å²) in [7, 11) is 3.62. The molecule has 0 amide bonds. The largest absolute Gasteiger partial charge is 0.394 e. The van der Waals surface area contributed by atoms with Gasteiger partial charge in [-0.25, -0.2) is 0 Å². The molecule has 0 radical (unpaired) electrons. The molecule has 3 N–H and O–H groups in total. The van der Waals surface area contributed by atoms with Crippen molar-refractivity contribution < 1.29 is 67.5 Å². The van der Waals surface area contributed by atoms with Crippen LogP contribution in [0.2, 0.25) is 0 Å². The molecule has 1 spiro atoms. The minimum Gasteiger partial charge on any atom is -0.394 e. The van der Waals surface area contributed by atoms with Crippen molar-refractivity contribution in [3.05, 3.63) is 24.3 Å². The zero-order chi connectivity index (χ0) is 43.5. The van der Waals surface area contributed by atoms with Gasteiger partial charge in [-0.3, -0.25) is 4.79 Å². The third-order valence-electron chi connectivity index (χ3n) is 15.1. The number of likely N-dealkylation sites (N-methyl/N-ethyl adjacent to an activating group) is 1. The van der Waals surface area contributed by atoms with E-state index >= 15 is 0 Å². The lowest BCUT2D eigenvalue weighted by atomic mass is 9.81. The molecule has 0 aromatic carbocycles. The fraction of sp³-hybridized carbons (Fsp3) is 0.894. The monoisotopic (exact) mass is 878 g/mol. The fourth-order valence-corrected chi connectivity index (χ4v) is 11.9. The molecule has 8 rings (SSSR count). The summed E-state index contributed by atoms with van der Waals surface area (Å²) in [6, 6.07) is 0. The van der Waals surface area contributed by atoms with Crippen molar-refractivity contribution in [3.63, 3.8) is 0 Å². The molecule has 0 saturated carbocycles. The van der Waals surface area contributed by atoms with Crippen LogP contribution in [0.4, 0.5) is 0 Å². The first kappa shape index (κ1) is 47.1. The van der Waals surface area contributed by atoms with Crippen molar-refractivity contribution in [1.29, 1.82) is 0 Å². The number of hydrogen-bond acceptors (Lipinski definition) is 15. The molecule has 352 valence electrons. The number of hydrogen-bond donors (Lipinski definition) is 3. The summed E-state index contributed by atoms with van der Waals surface area (Å²) in [6.45, 7) is 13.8. The van der Waals surface area contributed by atoms with E-state index < -0.39 is 36.3 Å². The van der Waals surface area contributed by atoms with Gasteiger partial charge in [0.05, 0.1) is 112 Å². The van der Waals surface area contributed by atoms with Crippen molar-refractivity contribution in [2.45, 2.75) is 194 Å². The van der Waals surface area contributed by atoms with Gasteiger partial charge < -0.3 is 67.6 Å². The summed E-state index contributed by atoms with van der Waals surface area (Å²) in [5, 5.41) is 31.5. The number of nitrogens with zero attached hydrogens (tertiary/aromatic N) is 1. The quantitative estimate of drug-likeness (QED) is 0.181. The van der Waals surface area contributed by atoms with E-state index in [1.54, 1.807) is 7.11 Å². The van der Waals surface area contributed by atoms with Gasteiger partial charge in [0.1, 0.15) is 18.0 Å². The first-order chi connectivity index (χ1) is 29.9. The third-order valence-corrected chi connectivity index (χ3v) is 15.1. The average Bonchev–Trinajstić information content (AvgIpc) is 3.84. The molecular weight excluding hydrogens is 803 g/mol. The third kappa shape index (κ3) is 11.1. The maximum absolute atomic E-state index is 14.3. The van der Waals surface area contributed by atoms with Gasteiger partial charge in [0.2, 0.25) is 0 Å². The van der Waals surface area contributed by atoms with Gasteiger partial charge >= 0.3 is 0 Å². The Hall–Kier alpha value is -1.41. The predicted molar refractivity (Wildman–Crippen MR) is 225 cm³/mol. The van der Waals surface area contributed by atoms with Gasteiger partial charge in [-0.1, -0.05) is 20.1 Å². The van der Waals surface area contributed by atoms with Gasteiger partial charge in [-0.2, -0.15) is 0 Å². The van der Waals surface area contributed by atoms with E-state index in [2.05, 4.69) is 20.1 Å². The molecule has 0 aromatic rings. The second-order valence-corrected chi connectivity index (χ2v) is 19.7. The van der Waals surface area contributed by atoms with Crippen LogP contribution in [0.3, 0.4) is 0 Å². The van der Waals surface area contributed by atoms with Crippen LogP contribution in [0.5, 0.6) is 0 Å². The van der Waals surface area contributed by atoms with Crippen LogP contribution < -0.4 is 0 Å². The maximum atomic E-state index is 14.3. The number of aliphatic hydroxyl groups is 3. The van der Waals surface area contributed by atoms with Gasteiger partial charge in [-0.05, 0) is 69.1 Å². The smallest absolute Gasteiger partial charge is 0.172 e. The Morgan fingerprint density at radius 1 is 0.806 bits per heavy atom. The fourth-order valence-electron chi connectivity index (χ4n) is 11.9. The summed E-state index contributed by atoms with van der Waals surface area (Å²) in [4.78, 5) is 16.3. The molecule has 8 aliphatic heterocycles. The van der Waals surface area contributed by atoms with Crippen LogP contribution in [0, 0.1) is 11.8 Å². The minimum atomic E-state index is -0.964. The summed E-state index contributed by atoms with van der Waals surface area (Å²) in [5.41, 5.74) is 2.14. The number of carbonyl (C=O) groups is 1. The molecule has 18 atom stereocenters. The molecule has 0 aliphatic carbocycles. The van der Waals surface area contributed by atoms with Crippen molar-refractivity contribution in [2.24, 2.45) is 11.8 Å². The Morgan fingerprint density at radius 2 is 1.58 bits per heavy atom. The lowest BCUT2D eigenvalue weighted by Gasteiger charge is -2.47. The Balaban J connectivity index is 0.980. The molecule has 62 heavy (non-hydrogen) atoms. The van der Waals surface area contributed by atoms with Crippen LogP contribution >= 0.6 is 0 Å². The van der Waals surface area contributed by atoms with Gasteiger partial charge in [0.15, 0.2) is 5.79 Å². The van der Waals surface area contributed by atoms with Gasteiger partial charge in [0, 0.05) is 71.1 Å². The number of ether oxygens (including phenoxy) is 10. The molecule has 0 unspecified atom stereocenters. The first-order valence-electron chi connectivity index (χ1n) is 23.8. The number of aliphatic hydroxyl groups excluding tert-OH is 3. The normalized spacial score (nSPS) is 44.3. The van der Waals surface area contributed by atoms with E-state index in [9.17, 15) is 15.0 Å². The highest BCUT2D eigenvalue weighted by atomic mass is 16.7. The highest BCUT2D eigenvalue weighted by molar-refractivity contribution is 5.79. The molecule has 15 nitrogen and oxygen atoms in total. The number of rotatable bonds is 13. The molecule has 0 aromatic heterocycles. The standard InChI is InChI=1S/C47H75NO14/c1-27-18-32-6-8-37-28(2)19-34(56-37)10-11-47-25-36(52)45(62-47)42-24-43(61-47)46-38(59-42)9-7-33(58-46)20-30(50)21-35-40(23-39(57-32)29(27)3)60-41(44(35)53-5)22-31(51)26-48(4)12-14-54-16-17-55-15-13-49/h27,31-46,49,51-52H,2-3,6-26H2,1,4-5H3/t27-,31+,32+,33-,34+,35+,36-,37+,38+,39-,40+,41-,42-,43-,44-,45+,46+,47-/m1/s1. The zero-order valence-corrected chi connectivity index (χ0v) is 37.4. The SMILES string of the molecule is C=C1C[C@@H]2CC[C@]34C[C@@H](O)[C@H](O3)[C@H]3C[C@@H](O4)[C@H]4O[C@H](CC[C@@H]4O3)CC(=O)C[C@@H]3[C@@H](OC)[C@@H](C[C@H](O)CN(C)CCOCCOCCO)O[C@H]3C[C@H]3O[C@@H](CC[C@@H]1O2)C[C@@H](C)C3=C. The number of carbonyl (C=O) groups excluding carboxylic acids is 1. The van der Waals surface area contributed by atoms with Crippen LogP contribution in [-0.2, 0) is 52.2 Å². The predicted octanol–water partition coefficient (Wildman–Crippen LogP) is 3.42. The summed E-state index contributed by atoms with van der Waals surface area (Å²) >= 11 is 0. The van der Waals surface area contributed by atoms with Crippen LogP contribution in [0.25, 0.3) is 0 Å². The van der Waals surface area contributed by atoms with Crippen molar-refractivity contribution in [3.8, 4) is 0 Å². The minimum absolute atomic E-state index is 0.00380. The Bertz CT molecular complexity index is 1520. The lowest BCUT2D eigenvalue weighted by molar-refractivity contribution is -0.277. The Morgan fingerprint density at radius 3 is 2.39 bits per heavy atom. The Labute approximate surface area is 368 Å². The van der Waals surface area contributed by atoms with E-state index in [0.717, 1.165) is 49.7 Å². The van der Waals surface area contributed by atoms with Gasteiger partial charge in [0.25, 0.3) is 0 Å². The molecular formula is C47H75NO14. The molecule has 10 bridgehead atoms. The van der Waals surface area contributed by atoms with E-state index in [0.29, 0.717) is 78.0 Å². The highest BCUT2D eigenvalue weighted by Crippen LogP contribution is 2.49. The molecule has 8 aliphatic rings. The van der Waals surface area contributed by atoms with Gasteiger partial charge in [-0.15, -0.1) is 0 Å². The van der Waals surface area contributed by atoms with Crippen LogP contribution in [0.15, 0.2) is 24.3 Å². The van der Waals surface area contributed by atoms with Crippen LogP contribution in [-0.4, -0.2) is 184 Å². The summed E-state index contributed by atoms with van der Waals surface area (Å²) in [6.07, 6.45) is 3.48. The number of ketones is 1. The Kier molecular flexibility index (Phi) is 16.0. The van der Waals surface area contributed by atoms with Crippen LogP contribution in [0.1, 0.15) is 96.8 Å². The molecule has 15 heteroatoms. The van der Waals surface area contributed by atoms with E-state index in [1.807, 2.05) is 11.9 Å². The lowest BCUT2D eigenvalue weighted by Crippen LogP contribution is -2.58. The zero-order valence-electron chi connectivity index (χ0n) is 37.4. The highest BCUT2D eigenvalue weighted by Gasteiger charge is 2.59. The topological polar surface area (TPSA) is 173 Å². The molecule has 8 heterocycles. The summed E-state index contributed by atoms with van der Waals surface area (Å²) < 4.78 is 64.5. The second-order valence-electron chi connectivity index (χ2n) is 19.7. The van der Waals surface area contributed by atoms with Crippen molar-refractivity contribution >= 4 is 5.78 Å². The van der Waals surface area contributed by atoms with E-state index in [-0.39, 0.29) is 98.1 Å². The van der Waals surface area contributed by atoms with Crippen molar-refractivity contribution in [2.75, 3.05) is 60.3 Å². The van der Waals surface area contributed by atoms with E-state index in [1.165, 1.54) is 0 Å². The molecule has 8 fully saturated rings. The average molecular weight is 878 g/mol. The summed E-state index contributed by atoms with van der Waals surface area (Å²) in [5.74, 6) is -0.897. The second kappa shape index (κ2) is 21.0. The first-order valence-corrected chi connectivity index (χ1v) is 23.8. The number of Topliss-reactive ketones (excluding diaryl/α,β-unsaturated/α-hetero) is 1.